The summed E-state index contributed by atoms with van der Waals surface area (Å²) in [6.45, 7) is 2.10. The molecule has 0 unspecified atom stereocenters. The van der Waals surface area contributed by atoms with Crippen molar-refractivity contribution < 1.29 is 20.1 Å². The van der Waals surface area contributed by atoms with E-state index in [1.165, 1.54) is 27.1 Å². The van der Waals surface area contributed by atoms with Crippen molar-refractivity contribution in [1.82, 2.24) is 9.97 Å². The number of pyridine rings is 2. The Morgan fingerprint density at radius 2 is 1.41 bits per heavy atom. The molecule has 0 aliphatic heterocycles. The van der Waals surface area contributed by atoms with E-state index in [4.69, 9.17) is 0 Å². The first-order valence-corrected chi connectivity index (χ1v) is 10.9. The number of aryl methyl sites for hydroxylation is 1. The van der Waals surface area contributed by atoms with E-state index in [0.717, 1.165) is 22.5 Å². The average molecular weight is 615 g/mol. The fraction of sp³-hybridized carbons (Fsp3) is 0.0323. The SMILES string of the molecule is Cc1cc[c-]c(-c2nccc3c2ccc2ccccc23)c1.[Ir].[c-]1ccccc1-c1ccccn1. The third-order valence-electron chi connectivity index (χ3n) is 5.53. The van der Waals surface area contributed by atoms with Gasteiger partial charge in [0.1, 0.15) is 0 Å². The quantitative estimate of drug-likeness (QED) is 0.148. The summed E-state index contributed by atoms with van der Waals surface area (Å²) >= 11 is 0. The van der Waals surface area contributed by atoms with E-state index in [9.17, 15) is 0 Å². The van der Waals surface area contributed by atoms with Gasteiger partial charge in [0.05, 0.1) is 0 Å². The van der Waals surface area contributed by atoms with Crippen LogP contribution in [0.25, 0.3) is 44.1 Å². The minimum Gasteiger partial charge on any atom is -0.305 e. The Morgan fingerprint density at radius 3 is 2.21 bits per heavy atom. The van der Waals surface area contributed by atoms with Crippen LogP contribution in [0.15, 0.2) is 116 Å². The third-order valence-corrected chi connectivity index (χ3v) is 5.53. The molecule has 167 valence electrons. The van der Waals surface area contributed by atoms with Crippen molar-refractivity contribution in [2.24, 2.45) is 0 Å². The van der Waals surface area contributed by atoms with Gasteiger partial charge >= 0.3 is 0 Å². The average Bonchev–Trinajstić information content (AvgIpc) is 2.90. The molecule has 3 heteroatoms. The van der Waals surface area contributed by atoms with Crippen LogP contribution in [0.1, 0.15) is 5.56 Å². The van der Waals surface area contributed by atoms with Gasteiger partial charge in [0.2, 0.25) is 0 Å². The van der Waals surface area contributed by atoms with Crippen molar-refractivity contribution in [3.05, 3.63) is 133 Å². The summed E-state index contributed by atoms with van der Waals surface area (Å²) in [5.41, 5.74) is 5.29. The molecule has 34 heavy (non-hydrogen) atoms. The Balaban J connectivity index is 0.000000180. The molecule has 0 saturated heterocycles. The molecule has 0 fully saturated rings. The summed E-state index contributed by atoms with van der Waals surface area (Å²) in [6, 6.07) is 41.2. The number of fused-ring (bicyclic) bond motifs is 3. The van der Waals surface area contributed by atoms with Gasteiger partial charge in [-0.1, -0.05) is 55.5 Å². The third kappa shape index (κ3) is 5.12. The maximum atomic E-state index is 4.59. The molecule has 2 nitrogen and oxygen atoms in total. The van der Waals surface area contributed by atoms with Crippen LogP contribution < -0.4 is 0 Å². The van der Waals surface area contributed by atoms with E-state index in [2.05, 4.69) is 83.6 Å². The second kappa shape index (κ2) is 11.0. The zero-order chi connectivity index (χ0) is 22.5. The van der Waals surface area contributed by atoms with Crippen molar-refractivity contribution in [3.63, 3.8) is 0 Å². The second-order valence-corrected chi connectivity index (χ2v) is 7.81. The number of aromatic nitrogens is 2. The monoisotopic (exact) mass is 615 g/mol. The molecule has 1 radical (unpaired) electrons. The van der Waals surface area contributed by atoms with Crippen molar-refractivity contribution in [2.75, 3.05) is 0 Å². The molecule has 0 aliphatic carbocycles. The number of benzene rings is 4. The van der Waals surface area contributed by atoms with E-state index >= 15 is 0 Å². The van der Waals surface area contributed by atoms with Crippen molar-refractivity contribution in [2.45, 2.75) is 6.92 Å². The van der Waals surface area contributed by atoms with E-state index in [1.54, 1.807) is 6.20 Å². The molecule has 0 bridgehead atoms. The molecule has 0 saturated carbocycles. The molecule has 0 amide bonds. The molecule has 6 rings (SSSR count). The predicted molar refractivity (Wildman–Crippen MR) is 137 cm³/mol. The summed E-state index contributed by atoms with van der Waals surface area (Å²) in [5.74, 6) is 0. The normalized spacial score (nSPS) is 10.3. The van der Waals surface area contributed by atoms with Crippen molar-refractivity contribution >= 4 is 21.5 Å². The summed E-state index contributed by atoms with van der Waals surface area (Å²) in [5, 5.41) is 4.95. The minimum atomic E-state index is 0. The molecular weight excluding hydrogens is 593 g/mol. The first-order valence-electron chi connectivity index (χ1n) is 10.9. The van der Waals surface area contributed by atoms with Crippen LogP contribution in [-0.4, -0.2) is 9.97 Å². The summed E-state index contributed by atoms with van der Waals surface area (Å²) in [7, 11) is 0. The summed E-state index contributed by atoms with van der Waals surface area (Å²) in [6.07, 6.45) is 3.68. The predicted octanol–water partition coefficient (Wildman–Crippen LogP) is 7.71. The molecule has 2 heterocycles. The van der Waals surface area contributed by atoms with Gasteiger partial charge < -0.3 is 9.97 Å². The van der Waals surface area contributed by atoms with Crippen LogP contribution >= 0.6 is 0 Å². The van der Waals surface area contributed by atoms with Gasteiger partial charge in [-0.25, -0.2) is 0 Å². The molecule has 4 aromatic carbocycles. The Bertz CT molecular complexity index is 1480. The van der Waals surface area contributed by atoms with E-state index < -0.39 is 0 Å². The van der Waals surface area contributed by atoms with Gasteiger partial charge in [-0.2, -0.15) is 0 Å². The molecule has 0 spiro atoms. The smallest absolute Gasteiger partial charge is 0.0167 e. The van der Waals surface area contributed by atoms with E-state index in [-0.39, 0.29) is 20.1 Å². The fourth-order valence-corrected chi connectivity index (χ4v) is 3.94. The minimum absolute atomic E-state index is 0. The van der Waals surface area contributed by atoms with Gasteiger partial charge in [-0.15, -0.1) is 71.3 Å². The summed E-state index contributed by atoms with van der Waals surface area (Å²) in [4.78, 5) is 8.81. The van der Waals surface area contributed by atoms with Crippen LogP contribution in [0.4, 0.5) is 0 Å². The van der Waals surface area contributed by atoms with Crippen LogP contribution in [0.2, 0.25) is 0 Å². The van der Waals surface area contributed by atoms with Crippen molar-refractivity contribution in [1.29, 1.82) is 0 Å². The van der Waals surface area contributed by atoms with Crippen molar-refractivity contribution in [3.8, 4) is 22.5 Å². The Morgan fingerprint density at radius 1 is 0.588 bits per heavy atom. The van der Waals surface area contributed by atoms with Crippen LogP contribution in [0, 0.1) is 19.1 Å². The topological polar surface area (TPSA) is 25.8 Å². The molecule has 0 N–H and O–H groups in total. The molecule has 0 atom stereocenters. The van der Waals surface area contributed by atoms with Gasteiger partial charge in [0.15, 0.2) is 0 Å². The van der Waals surface area contributed by atoms with Crippen LogP contribution in [-0.2, 0) is 20.1 Å². The van der Waals surface area contributed by atoms with Gasteiger partial charge in [-0.3, -0.25) is 0 Å². The zero-order valence-electron chi connectivity index (χ0n) is 18.7. The Labute approximate surface area is 213 Å². The van der Waals surface area contributed by atoms with E-state index in [1.807, 2.05) is 54.7 Å². The number of hydrogen-bond donors (Lipinski definition) is 0. The van der Waals surface area contributed by atoms with Crippen LogP contribution in [0.3, 0.4) is 0 Å². The van der Waals surface area contributed by atoms with Crippen LogP contribution in [0.5, 0.6) is 0 Å². The zero-order valence-corrected chi connectivity index (χ0v) is 21.1. The van der Waals surface area contributed by atoms with E-state index in [0.29, 0.717) is 0 Å². The standard InChI is InChI=1S/C20H14N.C11H8N.Ir/c1-14-5-4-7-16(13-14)20-19-10-9-15-6-2-3-8-17(15)18(19)11-12-21-20;1-2-6-10(7-3-1)11-8-4-5-9-12-11;/h2-6,8-13H,1H3;1-6,8-9H;/q2*-1;. The Hall–Kier alpha value is -3.65. The molecule has 2 aromatic heterocycles. The number of nitrogens with zero attached hydrogens (tertiary/aromatic N) is 2. The van der Waals surface area contributed by atoms with Gasteiger partial charge in [-0.05, 0) is 45.1 Å². The maximum Gasteiger partial charge on any atom is 0.0167 e. The summed E-state index contributed by atoms with van der Waals surface area (Å²) < 4.78 is 0. The molecule has 0 aliphatic rings. The number of hydrogen-bond acceptors (Lipinski definition) is 2. The van der Waals surface area contributed by atoms with Gasteiger partial charge in [0, 0.05) is 32.5 Å². The molecule has 6 aromatic rings. The first-order chi connectivity index (χ1) is 16.3. The maximum absolute atomic E-state index is 4.59. The number of rotatable bonds is 2. The molecular formula is C31H22IrN2-2. The van der Waals surface area contributed by atoms with Gasteiger partial charge in [0.25, 0.3) is 0 Å². The first kappa shape index (κ1) is 23.5. The fourth-order valence-electron chi connectivity index (χ4n) is 3.94. The second-order valence-electron chi connectivity index (χ2n) is 7.81. The Kier molecular flexibility index (Phi) is 7.59. The largest absolute Gasteiger partial charge is 0.305 e.